The van der Waals surface area contributed by atoms with Gasteiger partial charge in [-0.05, 0) is 42.0 Å². The lowest BCUT2D eigenvalue weighted by atomic mass is 10.1. The SMILES string of the molecule is O=C(Cc1ccc2c(c1)OCCO2)NCC(=O)N1CCN(c2ccc(Cl)cc2)CC1. The van der Waals surface area contributed by atoms with E-state index in [1.54, 1.807) is 4.90 Å². The second-order valence-corrected chi connectivity index (χ2v) is 7.71. The second kappa shape index (κ2) is 9.26. The maximum Gasteiger partial charge on any atom is 0.242 e. The van der Waals surface area contributed by atoms with Crippen LogP contribution in [0.3, 0.4) is 0 Å². The van der Waals surface area contributed by atoms with Crippen LogP contribution in [-0.2, 0) is 16.0 Å². The van der Waals surface area contributed by atoms with Gasteiger partial charge in [0.25, 0.3) is 0 Å². The molecule has 0 aliphatic carbocycles. The van der Waals surface area contributed by atoms with E-state index in [1.807, 2.05) is 42.5 Å². The van der Waals surface area contributed by atoms with E-state index in [-0.39, 0.29) is 24.8 Å². The van der Waals surface area contributed by atoms with Crippen molar-refractivity contribution in [3.05, 3.63) is 53.1 Å². The third-order valence-electron chi connectivity index (χ3n) is 5.23. The van der Waals surface area contributed by atoms with Crippen molar-refractivity contribution in [1.82, 2.24) is 10.2 Å². The Labute approximate surface area is 180 Å². The summed E-state index contributed by atoms with van der Waals surface area (Å²) in [5, 5.41) is 3.43. The third-order valence-corrected chi connectivity index (χ3v) is 5.48. The van der Waals surface area contributed by atoms with Gasteiger partial charge in [0.15, 0.2) is 11.5 Å². The normalized spacial score (nSPS) is 15.6. The zero-order valence-electron chi connectivity index (χ0n) is 16.6. The molecule has 0 saturated carbocycles. The van der Waals surface area contributed by atoms with Crippen molar-refractivity contribution in [2.75, 3.05) is 50.8 Å². The van der Waals surface area contributed by atoms with E-state index in [2.05, 4.69) is 10.2 Å². The summed E-state index contributed by atoms with van der Waals surface area (Å²) < 4.78 is 11.0. The van der Waals surface area contributed by atoms with Crippen LogP contribution in [0.5, 0.6) is 11.5 Å². The highest BCUT2D eigenvalue weighted by atomic mass is 35.5. The Hall–Kier alpha value is -2.93. The van der Waals surface area contributed by atoms with Crippen LogP contribution < -0.4 is 19.7 Å². The van der Waals surface area contributed by atoms with Crippen molar-refractivity contribution < 1.29 is 19.1 Å². The molecule has 7 nitrogen and oxygen atoms in total. The first-order chi connectivity index (χ1) is 14.6. The quantitative estimate of drug-likeness (QED) is 0.788. The number of hydrogen-bond donors (Lipinski definition) is 1. The first-order valence-corrected chi connectivity index (χ1v) is 10.4. The third kappa shape index (κ3) is 4.97. The predicted molar refractivity (Wildman–Crippen MR) is 114 cm³/mol. The Morgan fingerprint density at radius 2 is 1.63 bits per heavy atom. The molecule has 2 aliphatic heterocycles. The van der Waals surface area contributed by atoms with Crippen LogP contribution in [0.2, 0.25) is 5.02 Å². The molecule has 2 amide bonds. The first-order valence-electron chi connectivity index (χ1n) is 10.0. The topological polar surface area (TPSA) is 71.1 Å². The zero-order chi connectivity index (χ0) is 20.9. The molecule has 2 heterocycles. The molecule has 158 valence electrons. The zero-order valence-corrected chi connectivity index (χ0v) is 17.4. The maximum atomic E-state index is 12.5. The van der Waals surface area contributed by atoms with Crippen LogP contribution in [0.1, 0.15) is 5.56 Å². The fraction of sp³-hybridized carbons (Fsp3) is 0.364. The van der Waals surface area contributed by atoms with Gasteiger partial charge in [0.05, 0.1) is 13.0 Å². The fourth-order valence-electron chi connectivity index (χ4n) is 3.60. The largest absolute Gasteiger partial charge is 0.486 e. The minimum Gasteiger partial charge on any atom is -0.486 e. The molecular weight excluding hydrogens is 406 g/mol. The molecule has 30 heavy (non-hydrogen) atoms. The molecule has 0 bridgehead atoms. The van der Waals surface area contributed by atoms with Gasteiger partial charge in [-0.1, -0.05) is 17.7 Å². The average molecular weight is 430 g/mol. The number of nitrogens with one attached hydrogen (secondary N) is 1. The molecule has 8 heteroatoms. The van der Waals surface area contributed by atoms with Crippen molar-refractivity contribution in [2.24, 2.45) is 0 Å². The highest BCUT2D eigenvalue weighted by Crippen LogP contribution is 2.30. The molecule has 2 aromatic carbocycles. The van der Waals surface area contributed by atoms with E-state index in [0.717, 1.165) is 24.3 Å². The van der Waals surface area contributed by atoms with Crippen molar-refractivity contribution in [1.29, 1.82) is 0 Å². The summed E-state index contributed by atoms with van der Waals surface area (Å²) in [7, 11) is 0. The van der Waals surface area contributed by atoms with Gasteiger partial charge in [-0.25, -0.2) is 0 Å². The highest BCUT2D eigenvalue weighted by Gasteiger charge is 2.21. The van der Waals surface area contributed by atoms with Crippen LogP contribution >= 0.6 is 11.6 Å². The average Bonchev–Trinajstić information content (AvgIpc) is 2.78. The predicted octanol–water partition coefficient (Wildman–Crippen LogP) is 2.12. The Kier molecular flexibility index (Phi) is 6.28. The van der Waals surface area contributed by atoms with E-state index in [0.29, 0.717) is 42.8 Å². The number of benzene rings is 2. The smallest absolute Gasteiger partial charge is 0.242 e. The van der Waals surface area contributed by atoms with E-state index < -0.39 is 0 Å². The molecule has 0 unspecified atom stereocenters. The lowest BCUT2D eigenvalue weighted by molar-refractivity contribution is -0.133. The maximum absolute atomic E-state index is 12.5. The van der Waals surface area contributed by atoms with Crippen LogP contribution in [0.4, 0.5) is 5.69 Å². The van der Waals surface area contributed by atoms with Gasteiger partial charge in [-0.2, -0.15) is 0 Å². The molecule has 1 N–H and O–H groups in total. The summed E-state index contributed by atoms with van der Waals surface area (Å²) >= 11 is 5.94. The van der Waals surface area contributed by atoms with Crippen molar-refractivity contribution in [3.63, 3.8) is 0 Å². The fourth-order valence-corrected chi connectivity index (χ4v) is 3.72. The number of halogens is 1. The summed E-state index contributed by atoms with van der Waals surface area (Å²) in [6.07, 6.45) is 0.189. The number of nitrogens with zero attached hydrogens (tertiary/aromatic N) is 2. The monoisotopic (exact) mass is 429 g/mol. The first kappa shape index (κ1) is 20.3. The van der Waals surface area contributed by atoms with Crippen LogP contribution in [0.25, 0.3) is 0 Å². The molecule has 4 rings (SSSR count). The summed E-state index contributed by atoms with van der Waals surface area (Å²) in [4.78, 5) is 28.7. The Morgan fingerprint density at radius 1 is 0.933 bits per heavy atom. The number of carbonyl (C=O) groups excluding carboxylic acids is 2. The standard InChI is InChI=1S/C22H24ClN3O4/c23-17-2-4-18(5-3-17)25-7-9-26(10-8-25)22(28)15-24-21(27)14-16-1-6-19-20(13-16)30-12-11-29-19/h1-6,13H,7-12,14-15H2,(H,24,27). The number of fused-ring (bicyclic) bond motifs is 1. The van der Waals surface area contributed by atoms with Crippen molar-refractivity contribution in [3.8, 4) is 11.5 Å². The lowest BCUT2D eigenvalue weighted by Crippen LogP contribution is -2.51. The number of amides is 2. The van der Waals surface area contributed by atoms with Crippen molar-refractivity contribution in [2.45, 2.75) is 6.42 Å². The van der Waals surface area contributed by atoms with E-state index in [1.165, 1.54) is 0 Å². The van der Waals surface area contributed by atoms with Gasteiger partial charge in [-0.3, -0.25) is 9.59 Å². The van der Waals surface area contributed by atoms with Gasteiger partial charge < -0.3 is 24.6 Å². The van der Waals surface area contributed by atoms with Gasteiger partial charge in [0.2, 0.25) is 11.8 Å². The number of ether oxygens (including phenoxy) is 2. The Morgan fingerprint density at radius 3 is 2.37 bits per heavy atom. The molecule has 1 saturated heterocycles. The number of carbonyl (C=O) groups is 2. The number of rotatable bonds is 5. The Bertz CT molecular complexity index is 911. The second-order valence-electron chi connectivity index (χ2n) is 7.28. The summed E-state index contributed by atoms with van der Waals surface area (Å²) in [5.41, 5.74) is 1.92. The molecule has 0 radical (unpaired) electrons. The van der Waals surface area contributed by atoms with E-state index in [9.17, 15) is 9.59 Å². The summed E-state index contributed by atoms with van der Waals surface area (Å²) in [6.45, 7) is 3.78. The van der Waals surface area contributed by atoms with Gasteiger partial charge in [0, 0.05) is 36.9 Å². The molecule has 1 fully saturated rings. The molecule has 2 aromatic rings. The lowest BCUT2D eigenvalue weighted by Gasteiger charge is -2.36. The molecule has 2 aliphatic rings. The molecular formula is C22H24ClN3O4. The van der Waals surface area contributed by atoms with E-state index in [4.69, 9.17) is 21.1 Å². The van der Waals surface area contributed by atoms with Crippen LogP contribution in [0, 0.1) is 0 Å². The highest BCUT2D eigenvalue weighted by molar-refractivity contribution is 6.30. The summed E-state index contributed by atoms with van der Waals surface area (Å²) in [6, 6.07) is 13.2. The van der Waals surface area contributed by atoms with Crippen LogP contribution in [0.15, 0.2) is 42.5 Å². The number of anilines is 1. The van der Waals surface area contributed by atoms with Crippen LogP contribution in [-0.4, -0.2) is 62.7 Å². The van der Waals surface area contributed by atoms with Gasteiger partial charge in [-0.15, -0.1) is 0 Å². The molecule has 0 aromatic heterocycles. The number of piperazine rings is 1. The minimum absolute atomic E-state index is 0.00430. The van der Waals surface area contributed by atoms with E-state index >= 15 is 0 Å². The minimum atomic E-state index is -0.195. The molecule has 0 atom stereocenters. The van der Waals surface area contributed by atoms with Gasteiger partial charge >= 0.3 is 0 Å². The van der Waals surface area contributed by atoms with Gasteiger partial charge in [0.1, 0.15) is 13.2 Å². The summed E-state index contributed by atoms with van der Waals surface area (Å²) in [5.74, 6) is 1.08. The Balaban J connectivity index is 1.22. The number of hydrogen-bond acceptors (Lipinski definition) is 5. The van der Waals surface area contributed by atoms with Crippen molar-refractivity contribution >= 4 is 29.1 Å². The molecule has 0 spiro atoms.